The Bertz CT molecular complexity index is 441. The standard InChI is InChI=1S/C13H21NO3S/c1-18(16,17)12-7-10-5-6-11(8-12)14(10)13(15)9-3-2-4-9/h9-12H,2-8H2,1H3. The summed E-state index contributed by atoms with van der Waals surface area (Å²) in [6.07, 6.45) is 7.88. The Labute approximate surface area is 109 Å². The molecule has 5 heteroatoms. The summed E-state index contributed by atoms with van der Waals surface area (Å²) in [5.41, 5.74) is 0. The zero-order valence-electron chi connectivity index (χ0n) is 10.8. The van der Waals surface area contributed by atoms with Gasteiger partial charge < -0.3 is 4.90 Å². The first-order valence-corrected chi connectivity index (χ1v) is 8.93. The van der Waals surface area contributed by atoms with Gasteiger partial charge in [-0.25, -0.2) is 8.42 Å². The van der Waals surface area contributed by atoms with Crippen molar-refractivity contribution in [3.63, 3.8) is 0 Å². The van der Waals surface area contributed by atoms with Crippen LogP contribution in [0.25, 0.3) is 0 Å². The Kier molecular flexibility index (Phi) is 2.92. The average Bonchev–Trinajstić information content (AvgIpc) is 2.45. The van der Waals surface area contributed by atoms with Gasteiger partial charge in [-0.3, -0.25) is 4.79 Å². The van der Waals surface area contributed by atoms with Crippen molar-refractivity contribution in [2.24, 2.45) is 5.92 Å². The van der Waals surface area contributed by atoms with Gasteiger partial charge in [0.05, 0.1) is 5.25 Å². The molecule has 3 aliphatic rings. The van der Waals surface area contributed by atoms with Crippen LogP contribution in [0.2, 0.25) is 0 Å². The largest absolute Gasteiger partial charge is 0.336 e. The third-order valence-electron chi connectivity index (χ3n) is 5.00. The summed E-state index contributed by atoms with van der Waals surface area (Å²) in [5, 5.41) is -0.222. The molecule has 0 aromatic heterocycles. The molecule has 3 rings (SSSR count). The number of rotatable bonds is 2. The van der Waals surface area contributed by atoms with Crippen LogP contribution in [-0.2, 0) is 14.6 Å². The minimum Gasteiger partial charge on any atom is -0.336 e. The van der Waals surface area contributed by atoms with Gasteiger partial charge in [0.25, 0.3) is 0 Å². The molecule has 0 aromatic rings. The molecule has 1 saturated carbocycles. The minimum atomic E-state index is -2.95. The summed E-state index contributed by atoms with van der Waals surface area (Å²) in [6, 6.07) is 0.383. The van der Waals surface area contributed by atoms with E-state index in [9.17, 15) is 13.2 Å². The molecule has 0 aromatic carbocycles. The van der Waals surface area contributed by atoms with Crippen molar-refractivity contribution >= 4 is 15.7 Å². The Hall–Kier alpha value is -0.580. The van der Waals surface area contributed by atoms with Crippen LogP contribution in [0.4, 0.5) is 0 Å². The van der Waals surface area contributed by atoms with Crippen molar-refractivity contribution in [2.45, 2.75) is 62.3 Å². The van der Waals surface area contributed by atoms with Gasteiger partial charge in [0.15, 0.2) is 0 Å². The van der Waals surface area contributed by atoms with Crippen LogP contribution in [0.1, 0.15) is 44.9 Å². The van der Waals surface area contributed by atoms with Crippen LogP contribution in [0.3, 0.4) is 0 Å². The lowest BCUT2D eigenvalue weighted by molar-refractivity contribution is -0.142. The highest BCUT2D eigenvalue weighted by molar-refractivity contribution is 7.91. The molecule has 0 N–H and O–H groups in total. The molecule has 2 bridgehead atoms. The van der Waals surface area contributed by atoms with Crippen LogP contribution < -0.4 is 0 Å². The molecule has 0 spiro atoms. The number of carbonyl (C=O) groups excluding carboxylic acids is 1. The highest BCUT2D eigenvalue weighted by atomic mass is 32.2. The van der Waals surface area contributed by atoms with E-state index in [1.165, 1.54) is 12.7 Å². The summed E-state index contributed by atoms with van der Waals surface area (Å²) < 4.78 is 23.4. The van der Waals surface area contributed by atoms with Gasteiger partial charge in [-0.1, -0.05) is 6.42 Å². The molecular weight excluding hydrogens is 250 g/mol. The number of sulfone groups is 1. The number of hydrogen-bond donors (Lipinski definition) is 0. The summed E-state index contributed by atoms with van der Waals surface area (Å²) in [7, 11) is -2.95. The van der Waals surface area contributed by atoms with Crippen molar-refractivity contribution in [3.05, 3.63) is 0 Å². The van der Waals surface area contributed by atoms with Crippen LogP contribution in [-0.4, -0.2) is 42.8 Å². The molecule has 4 nitrogen and oxygen atoms in total. The normalized spacial score (nSPS) is 36.5. The van der Waals surface area contributed by atoms with Crippen LogP contribution in [0, 0.1) is 5.92 Å². The third kappa shape index (κ3) is 1.96. The van der Waals surface area contributed by atoms with Crippen molar-refractivity contribution < 1.29 is 13.2 Å². The molecule has 2 atom stereocenters. The van der Waals surface area contributed by atoms with Crippen molar-refractivity contribution in [3.8, 4) is 0 Å². The van der Waals surface area contributed by atoms with E-state index in [2.05, 4.69) is 0 Å². The predicted molar refractivity (Wildman–Crippen MR) is 68.9 cm³/mol. The van der Waals surface area contributed by atoms with Crippen LogP contribution >= 0.6 is 0 Å². The smallest absolute Gasteiger partial charge is 0.226 e. The zero-order valence-corrected chi connectivity index (χ0v) is 11.7. The number of fused-ring (bicyclic) bond motifs is 2. The van der Waals surface area contributed by atoms with Crippen LogP contribution in [0.5, 0.6) is 0 Å². The number of hydrogen-bond acceptors (Lipinski definition) is 3. The Morgan fingerprint density at radius 2 is 1.61 bits per heavy atom. The van der Waals surface area contributed by atoms with Gasteiger partial charge in [0, 0.05) is 24.3 Å². The lowest BCUT2D eigenvalue weighted by Crippen LogP contribution is -2.52. The maximum atomic E-state index is 12.4. The van der Waals surface area contributed by atoms with Gasteiger partial charge in [-0.2, -0.15) is 0 Å². The molecule has 3 fully saturated rings. The zero-order chi connectivity index (χ0) is 12.9. The molecule has 2 saturated heterocycles. The summed E-state index contributed by atoms with van der Waals surface area (Å²) in [4.78, 5) is 14.4. The minimum absolute atomic E-state index is 0.191. The fraction of sp³-hybridized carbons (Fsp3) is 0.923. The SMILES string of the molecule is CS(=O)(=O)C1CC2CCC(C1)N2C(=O)C1CCC1. The molecule has 18 heavy (non-hydrogen) atoms. The molecule has 2 aliphatic heterocycles. The van der Waals surface area contributed by atoms with E-state index in [-0.39, 0.29) is 23.3 Å². The van der Waals surface area contributed by atoms with Crippen molar-refractivity contribution in [1.29, 1.82) is 0 Å². The maximum absolute atomic E-state index is 12.4. The van der Waals surface area contributed by atoms with E-state index in [0.29, 0.717) is 18.7 Å². The van der Waals surface area contributed by atoms with E-state index < -0.39 is 9.84 Å². The monoisotopic (exact) mass is 271 g/mol. The van der Waals surface area contributed by atoms with E-state index in [4.69, 9.17) is 0 Å². The first-order valence-electron chi connectivity index (χ1n) is 6.98. The topological polar surface area (TPSA) is 54.5 Å². The molecule has 1 amide bonds. The highest BCUT2D eigenvalue weighted by Crippen LogP contribution is 2.41. The van der Waals surface area contributed by atoms with E-state index >= 15 is 0 Å². The molecular formula is C13H21NO3S. The molecule has 2 heterocycles. The quantitative estimate of drug-likeness (QED) is 0.762. The predicted octanol–water partition coefficient (Wildman–Crippen LogP) is 1.35. The number of amides is 1. The summed E-state index contributed by atoms with van der Waals surface area (Å²) >= 11 is 0. The van der Waals surface area contributed by atoms with E-state index in [1.54, 1.807) is 0 Å². The lowest BCUT2D eigenvalue weighted by Gasteiger charge is -2.41. The first-order chi connectivity index (χ1) is 8.47. The highest BCUT2D eigenvalue weighted by Gasteiger charge is 2.47. The van der Waals surface area contributed by atoms with Crippen LogP contribution in [0.15, 0.2) is 0 Å². The summed E-state index contributed by atoms with van der Waals surface area (Å²) in [6.45, 7) is 0. The van der Waals surface area contributed by atoms with Gasteiger partial charge in [-0.05, 0) is 38.5 Å². The number of carbonyl (C=O) groups is 1. The van der Waals surface area contributed by atoms with Gasteiger partial charge >= 0.3 is 0 Å². The van der Waals surface area contributed by atoms with Crippen molar-refractivity contribution in [1.82, 2.24) is 4.90 Å². The second kappa shape index (κ2) is 4.22. The second-order valence-corrected chi connectivity index (χ2v) is 8.51. The van der Waals surface area contributed by atoms with Gasteiger partial charge in [0.2, 0.25) is 5.91 Å². The molecule has 1 aliphatic carbocycles. The van der Waals surface area contributed by atoms with E-state index in [0.717, 1.165) is 25.7 Å². The Morgan fingerprint density at radius 1 is 1.06 bits per heavy atom. The lowest BCUT2D eigenvalue weighted by atomic mass is 9.83. The average molecular weight is 271 g/mol. The number of piperidine rings is 1. The van der Waals surface area contributed by atoms with Crippen molar-refractivity contribution in [2.75, 3.05) is 6.26 Å². The van der Waals surface area contributed by atoms with Gasteiger partial charge in [-0.15, -0.1) is 0 Å². The Balaban J connectivity index is 1.75. The fourth-order valence-electron chi connectivity index (χ4n) is 3.70. The maximum Gasteiger partial charge on any atom is 0.226 e. The molecule has 0 radical (unpaired) electrons. The first kappa shape index (κ1) is 12.5. The fourth-order valence-corrected chi connectivity index (χ4v) is 4.85. The summed E-state index contributed by atoms with van der Waals surface area (Å²) in [5.74, 6) is 0.545. The van der Waals surface area contributed by atoms with E-state index in [1.807, 2.05) is 4.90 Å². The molecule has 2 unspecified atom stereocenters. The third-order valence-corrected chi connectivity index (χ3v) is 6.60. The Morgan fingerprint density at radius 3 is 2.00 bits per heavy atom. The van der Waals surface area contributed by atoms with Gasteiger partial charge in [0.1, 0.15) is 9.84 Å². The second-order valence-electron chi connectivity index (χ2n) is 6.18. The molecule has 102 valence electrons. The number of nitrogens with zero attached hydrogens (tertiary/aromatic N) is 1.